The van der Waals surface area contributed by atoms with Crippen molar-refractivity contribution in [3.8, 4) is 0 Å². The Kier molecular flexibility index (Phi) is 2.17. The zero-order valence-corrected chi connectivity index (χ0v) is 11.4. The zero-order valence-electron chi connectivity index (χ0n) is 9.85. The van der Waals surface area contributed by atoms with Crippen molar-refractivity contribution in [1.82, 2.24) is 19.6 Å². The number of thiophene rings is 1. The van der Waals surface area contributed by atoms with Crippen molar-refractivity contribution in [2.75, 3.05) is 0 Å². The highest BCUT2D eigenvalue weighted by Gasteiger charge is 2.23. The van der Waals surface area contributed by atoms with E-state index in [1.165, 1.54) is 23.2 Å². The molecule has 0 saturated heterocycles. The monoisotopic (exact) mass is 278 g/mol. The summed E-state index contributed by atoms with van der Waals surface area (Å²) in [6, 6.07) is 0. The third kappa shape index (κ3) is 1.34. The molecule has 4 rings (SSSR count). The maximum absolute atomic E-state index is 6.13. The van der Waals surface area contributed by atoms with E-state index in [0.29, 0.717) is 5.28 Å². The highest BCUT2D eigenvalue weighted by atomic mass is 35.5. The topological polar surface area (TPSA) is 43.1 Å². The van der Waals surface area contributed by atoms with E-state index in [0.717, 1.165) is 34.6 Å². The van der Waals surface area contributed by atoms with Crippen molar-refractivity contribution >= 4 is 38.8 Å². The molecular weight excluding hydrogens is 268 g/mol. The molecule has 4 nitrogen and oxygen atoms in total. The van der Waals surface area contributed by atoms with Crippen molar-refractivity contribution in [3.05, 3.63) is 22.1 Å². The molecule has 0 amide bonds. The number of nitrogens with zero attached hydrogens (tertiary/aromatic N) is 4. The highest BCUT2D eigenvalue weighted by molar-refractivity contribution is 7.19. The number of halogens is 1. The minimum atomic E-state index is 0.390. The smallest absolute Gasteiger partial charge is 0.214 e. The van der Waals surface area contributed by atoms with Crippen molar-refractivity contribution in [3.63, 3.8) is 0 Å². The molecule has 0 saturated carbocycles. The Balaban J connectivity index is 2.14. The summed E-state index contributed by atoms with van der Waals surface area (Å²) in [5.74, 6) is 0.759. The van der Waals surface area contributed by atoms with E-state index in [4.69, 9.17) is 11.6 Å². The van der Waals surface area contributed by atoms with Gasteiger partial charge in [-0.25, -0.2) is 9.97 Å². The Labute approximate surface area is 113 Å². The van der Waals surface area contributed by atoms with Gasteiger partial charge in [-0.05, 0) is 42.3 Å². The van der Waals surface area contributed by atoms with Crippen molar-refractivity contribution in [2.45, 2.75) is 26.2 Å². The summed E-state index contributed by atoms with van der Waals surface area (Å²) in [5, 5.41) is 5.67. The predicted molar refractivity (Wildman–Crippen MR) is 72.4 cm³/mol. The van der Waals surface area contributed by atoms with Gasteiger partial charge in [0.1, 0.15) is 11.2 Å². The lowest BCUT2D eigenvalue weighted by molar-refractivity contribution is 0.509. The summed E-state index contributed by atoms with van der Waals surface area (Å²) in [6.07, 6.45) is 5.04. The fourth-order valence-corrected chi connectivity index (χ4v) is 4.36. The van der Waals surface area contributed by atoms with E-state index in [-0.39, 0.29) is 0 Å². The van der Waals surface area contributed by atoms with Gasteiger partial charge in [0.25, 0.3) is 0 Å². The van der Waals surface area contributed by atoms with Crippen LogP contribution >= 0.6 is 22.9 Å². The van der Waals surface area contributed by atoms with Gasteiger partial charge in [0.15, 0.2) is 5.65 Å². The predicted octanol–water partition coefficient (Wildman–Crippen LogP) is 3.12. The molecule has 0 aromatic carbocycles. The number of hydrogen-bond acceptors (Lipinski definition) is 4. The van der Waals surface area contributed by atoms with E-state index in [1.807, 2.05) is 0 Å². The molecule has 6 heteroatoms. The van der Waals surface area contributed by atoms with Gasteiger partial charge in [0.2, 0.25) is 5.28 Å². The Bertz CT molecular complexity index is 760. The second-order valence-electron chi connectivity index (χ2n) is 4.91. The van der Waals surface area contributed by atoms with Crippen LogP contribution in [0.3, 0.4) is 0 Å². The molecule has 0 radical (unpaired) electrons. The number of rotatable bonds is 0. The molecule has 1 aliphatic rings. The fourth-order valence-electron chi connectivity index (χ4n) is 2.72. The molecule has 0 aliphatic heterocycles. The van der Waals surface area contributed by atoms with Crippen LogP contribution in [0.5, 0.6) is 0 Å². The van der Waals surface area contributed by atoms with Crippen LogP contribution in [0.2, 0.25) is 5.28 Å². The van der Waals surface area contributed by atoms with Crippen LogP contribution in [0.1, 0.15) is 23.8 Å². The molecule has 0 fully saturated rings. The van der Waals surface area contributed by atoms with Crippen molar-refractivity contribution in [1.29, 1.82) is 0 Å². The number of aromatic nitrogens is 4. The average Bonchev–Trinajstić information content (AvgIpc) is 2.91. The van der Waals surface area contributed by atoms with E-state index < -0.39 is 0 Å². The Morgan fingerprint density at radius 1 is 1.50 bits per heavy atom. The van der Waals surface area contributed by atoms with Gasteiger partial charge in [-0.2, -0.15) is 9.61 Å². The van der Waals surface area contributed by atoms with Gasteiger partial charge in [0.05, 0.1) is 5.39 Å². The second-order valence-corrected chi connectivity index (χ2v) is 6.33. The molecule has 18 heavy (non-hydrogen) atoms. The maximum atomic E-state index is 6.13. The number of hydrogen-bond donors (Lipinski definition) is 0. The van der Waals surface area contributed by atoms with Crippen LogP contribution in [0.15, 0.2) is 6.33 Å². The normalized spacial score (nSPS) is 19.6. The largest absolute Gasteiger partial charge is 0.227 e. The van der Waals surface area contributed by atoms with Gasteiger partial charge in [0, 0.05) is 4.88 Å². The van der Waals surface area contributed by atoms with Crippen LogP contribution in [0, 0.1) is 5.92 Å². The van der Waals surface area contributed by atoms with Crippen LogP contribution < -0.4 is 0 Å². The maximum Gasteiger partial charge on any atom is 0.227 e. The molecule has 92 valence electrons. The van der Waals surface area contributed by atoms with E-state index in [9.17, 15) is 0 Å². The van der Waals surface area contributed by atoms with Crippen molar-refractivity contribution in [2.24, 2.45) is 5.92 Å². The fraction of sp³-hybridized carbons (Fsp3) is 0.417. The molecule has 0 spiro atoms. The summed E-state index contributed by atoms with van der Waals surface area (Å²) < 4.78 is 1.62. The number of aryl methyl sites for hydroxylation is 1. The van der Waals surface area contributed by atoms with Gasteiger partial charge < -0.3 is 0 Å². The number of fused-ring (bicyclic) bond motifs is 5. The summed E-state index contributed by atoms with van der Waals surface area (Å²) in [6.45, 7) is 2.31. The van der Waals surface area contributed by atoms with E-state index in [2.05, 4.69) is 22.0 Å². The third-order valence-electron chi connectivity index (χ3n) is 3.63. The molecule has 0 N–H and O–H groups in total. The van der Waals surface area contributed by atoms with Crippen LogP contribution in [-0.2, 0) is 12.8 Å². The Morgan fingerprint density at radius 2 is 2.39 bits per heavy atom. The minimum Gasteiger partial charge on any atom is -0.214 e. The molecule has 1 unspecified atom stereocenters. The zero-order chi connectivity index (χ0) is 12.3. The van der Waals surface area contributed by atoms with Gasteiger partial charge in [-0.15, -0.1) is 11.3 Å². The van der Waals surface area contributed by atoms with Crippen LogP contribution in [-0.4, -0.2) is 19.6 Å². The average molecular weight is 279 g/mol. The first-order valence-corrected chi connectivity index (χ1v) is 7.23. The summed E-state index contributed by atoms with van der Waals surface area (Å²) >= 11 is 7.88. The van der Waals surface area contributed by atoms with Crippen LogP contribution in [0.4, 0.5) is 0 Å². The first kappa shape index (κ1) is 10.7. The lowest BCUT2D eigenvalue weighted by Gasteiger charge is -2.17. The summed E-state index contributed by atoms with van der Waals surface area (Å²) in [4.78, 5) is 11.2. The molecule has 1 atom stereocenters. The lowest BCUT2D eigenvalue weighted by atomic mass is 9.89. The lowest BCUT2D eigenvalue weighted by Crippen LogP contribution is -2.08. The summed E-state index contributed by atoms with van der Waals surface area (Å²) in [5.41, 5.74) is 2.26. The van der Waals surface area contributed by atoms with Crippen LogP contribution in [0.25, 0.3) is 15.9 Å². The highest BCUT2D eigenvalue weighted by Crippen LogP contribution is 2.39. The van der Waals surface area contributed by atoms with Gasteiger partial charge >= 0.3 is 0 Å². The third-order valence-corrected chi connectivity index (χ3v) is 5.03. The van der Waals surface area contributed by atoms with Crippen molar-refractivity contribution < 1.29 is 0 Å². The summed E-state index contributed by atoms with van der Waals surface area (Å²) in [7, 11) is 0. The minimum absolute atomic E-state index is 0.390. The van der Waals surface area contributed by atoms with E-state index in [1.54, 1.807) is 15.9 Å². The van der Waals surface area contributed by atoms with E-state index >= 15 is 0 Å². The Morgan fingerprint density at radius 3 is 3.28 bits per heavy atom. The second kappa shape index (κ2) is 3.65. The molecule has 3 aromatic heterocycles. The first-order valence-electron chi connectivity index (χ1n) is 6.03. The van der Waals surface area contributed by atoms with Gasteiger partial charge in [-0.3, -0.25) is 0 Å². The quantitative estimate of drug-likeness (QED) is 0.594. The SMILES string of the molecule is CC1CCc2c(sc3nc(Cl)n4ncnc4c23)C1. The first-order chi connectivity index (χ1) is 8.74. The molecule has 1 aliphatic carbocycles. The van der Waals surface area contributed by atoms with Gasteiger partial charge in [-0.1, -0.05) is 6.92 Å². The molecule has 3 heterocycles. The Hall–Kier alpha value is -1.20. The standard InChI is InChI=1S/C12H11ClN4S/c1-6-2-3-7-8(4-6)18-11-9(7)10-14-5-15-17(10)12(13)16-11/h5-6H,2-4H2,1H3. The molecule has 3 aromatic rings. The molecular formula is C12H11ClN4S. The molecule has 0 bridgehead atoms.